The van der Waals surface area contributed by atoms with Gasteiger partial charge in [-0.2, -0.15) is 0 Å². The smallest absolute Gasteiger partial charge is 0.313 e. The summed E-state index contributed by atoms with van der Waals surface area (Å²) in [6.07, 6.45) is 5.82. The second-order valence-electron chi connectivity index (χ2n) is 6.23. The molecule has 0 bridgehead atoms. The van der Waals surface area contributed by atoms with E-state index in [4.69, 9.17) is 0 Å². The average molecular weight is 318 g/mol. The van der Waals surface area contributed by atoms with Crippen molar-refractivity contribution in [3.8, 4) is 0 Å². The fraction of sp³-hybridized carbons (Fsp3) is 0.556. The standard InChI is InChI=1S/C18H26N2O3/c1-2-3-4-13-5-7-14(8-6-13)19-17(22)18(23)20-15-9-11-16(21)12-10-15/h5-8,15-16,21H,2-4,9-12H2,1H3,(H,19,22)(H,20,23). The van der Waals surface area contributed by atoms with Crippen LogP contribution in [0.15, 0.2) is 24.3 Å². The highest BCUT2D eigenvalue weighted by molar-refractivity contribution is 6.39. The van der Waals surface area contributed by atoms with E-state index >= 15 is 0 Å². The molecule has 3 N–H and O–H groups in total. The van der Waals surface area contributed by atoms with Gasteiger partial charge in [-0.25, -0.2) is 0 Å². The van der Waals surface area contributed by atoms with E-state index in [2.05, 4.69) is 17.6 Å². The summed E-state index contributed by atoms with van der Waals surface area (Å²) in [4.78, 5) is 23.9. The fourth-order valence-corrected chi connectivity index (χ4v) is 2.79. The van der Waals surface area contributed by atoms with Crippen LogP contribution >= 0.6 is 0 Å². The van der Waals surface area contributed by atoms with Gasteiger partial charge in [0.25, 0.3) is 0 Å². The van der Waals surface area contributed by atoms with E-state index in [0.717, 1.165) is 19.3 Å². The van der Waals surface area contributed by atoms with E-state index in [1.54, 1.807) is 0 Å². The molecule has 5 nitrogen and oxygen atoms in total. The molecule has 2 rings (SSSR count). The topological polar surface area (TPSA) is 78.4 Å². The maximum absolute atomic E-state index is 11.9. The minimum Gasteiger partial charge on any atom is -0.393 e. The highest BCUT2D eigenvalue weighted by Gasteiger charge is 2.23. The molecule has 0 spiro atoms. The van der Waals surface area contributed by atoms with E-state index in [1.807, 2.05) is 24.3 Å². The van der Waals surface area contributed by atoms with Gasteiger partial charge in [0.05, 0.1) is 6.10 Å². The van der Waals surface area contributed by atoms with Gasteiger partial charge in [0.15, 0.2) is 0 Å². The van der Waals surface area contributed by atoms with Crippen LogP contribution in [0.3, 0.4) is 0 Å². The summed E-state index contributed by atoms with van der Waals surface area (Å²) < 4.78 is 0. The molecule has 0 radical (unpaired) electrons. The summed E-state index contributed by atoms with van der Waals surface area (Å²) in [7, 11) is 0. The van der Waals surface area contributed by atoms with Crippen molar-refractivity contribution >= 4 is 17.5 Å². The number of carbonyl (C=O) groups excluding carboxylic acids is 2. The Hall–Kier alpha value is -1.88. The number of aliphatic hydroxyl groups excluding tert-OH is 1. The number of hydrogen-bond acceptors (Lipinski definition) is 3. The molecule has 0 aromatic heterocycles. The van der Waals surface area contributed by atoms with Crippen LogP contribution in [-0.2, 0) is 16.0 Å². The summed E-state index contributed by atoms with van der Waals surface area (Å²) in [6, 6.07) is 7.59. The fourth-order valence-electron chi connectivity index (χ4n) is 2.79. The third-order valence-electron chi connectivity index (χ3n) is 4.27. The largest absolute Gasteiger partial charge is 0.393 e. The molecule has 0 atom stereocenters. The number of unbranched alkanes of at least 4 members (excludes halogenated alkanes) is 1. The second kappa shape index (κ2) is 8.67. The molecule has 1 aliphatic carbocycles. The first-order valence-electron chi connectivity index (χ1n) is 8.47. The van der Waals surface area contributed by atoms with Gasteiger partial charge in [-0.1, -0.05) is 25.5 Å². The lowest BCUT2D eigenvalue weighted by atomic mass is 9.93. The van der Waals surface area contributed by atoms with Gasteiger partial charge in [-0.3, -0.25) is 9.59 Å². The van der Waals surface area contributed by atoms with Crippen molar-refractivity contribution < 1.29 is 14.7 Å². The van der Waals surface area contributed by atoms with Crippen molar-refractivity contribution in [3.05, 3.63) is 29.8 Å². The van der Waals surface area contributed by atoms with Crippen molar-refractivity contribution in [2.75, 3.05) is 5.32 Å². The lowest BCUT2D eigenvalue weighted by molar-refractivity contribution is -0.136. The maximum Gasteiger partial charge on any atom is 0.313 e. The number of hydrogen-bond donors (Lipinski definition) is 3. The quantitative estimate of drug-likeness (QED) is 0.729. The van der Waals surface area contributed by atoms with E-state index < -0.39 is 11.8 Å². The monoisotopic (exact) mass is 318 g/mol. The molecule has 1 aromatic carbocycles. The molecule has 1 aromatic rings. The Morgan fingerprint density at radius 3 is 2.35 bits per heavy atom. The highest BCUT2D eigenvalue weighted by Crippen LogP contribution is 2.18. The van der Waals surface area contributed by atoms with Crippen LogP contribution in [0.5, 0.6) is 0 Å². The predicted octanol–water partition coefficient (Wildman–Crippen LogP) is 2.39. The summed E-state index contributed by atoms with van der Waals surface area (Å²) in [5.74, 6) is -1.25. The summed E-state index contributed by atoms with van der Waals surface area (Å²) in [5, 5.41) is 14.8. The van der Waals surface area contributed by atoms with Crippen LogP contribution in [0.2, 0.25) is 0 Å². The average Bonchev–Trinajstić information content (AvgIpc) is 2.56. The van der Waals surface area contributed by atoms with Crippen molar-refractivity contribution in [3.63, 3.8) is 0 Å². The first-order valence-corrected chi connectivity index (χ1v) is 8.47. The number of aliphatic hydroxyl groups is 1. The molecule has 0 unspecified atom stereocenters. The Bertz CT molecular complexity index is 520. The van der Waals surface area contributed by atoms with Gasteiger partial charge in [-0.05, 0) is 56.2 Å². The molecule has 0 heterocycles. The van der Waals surface area contributed by atoms with Crippen molar-refractivity contribution in [1.82, 2.24) is 5.32 Å². The zero-order valence-corrected chi connectivity index (χ0v) is 13.7. The predicted molar refractivity (Wildman–Crippen MR) is 90.1 cm³/mol. The first kappa shape index (κ1) is 17.5. The minimum absolute atomic E-state index is 0.0203. The zero-order chi connectivity index (χ0) is 16.7. The van der Waals surface area contributed by atoms with Gasteiger partial charge >= 0.3 is 11.8 Å². The maximum atomic E-state index is 11.9. The Morgan fingerprint density at radius 2 is 1.74 bits per heavy atom. The molecule has 1 saturated carbocycles. The molecule has 2 amide bonds. The number of nitrogens with one attached hydrogen (secondary N) is 2. The van der Waals surface area contributed by atoms with Crippen LogP contribution in [0.25, 0.3) is 0 Å². The van der Waals surface area contributed by atoms with E-state index in [-0.39, 0.29) is 12.1 Å². The van der Waals surface area contributed by atoms with Gasteiger partial charge in [0, 0.05) is 11.7 Å². The molecule has 126 valence electrons. The number of benzene rings is 1. The van der Waals surface area contributed by atoms with Crippen LogP contribution in [0.4, 0.5) is 5.69 Å². The van der Waals surface area contributed by atoms with Crippen LogP contribution in [0, 0.1) is 0 Å². The van der Waals surface area contributed by atoms with Crippen LogP contribution < -0.4 is 10.6 Å². The lowest BCUT2D eigenvalue weighted by Gasteiger charge is -2.25. The van der Waals surface area contributed by atoms with Crippen LogP contribution in [-0.4, -0.2) is 29.1 Å². The van der Waals surface area contributed by atoms with E-state index in [9.17, 15) is 14.7 Å². The normalized spacial score (nSPS) is 20.8. The lowest BCUT2D eigenvalue weighted by Crippen LogP contribution is -2.43. The SMILES string of the molecule is CCCCc1ccc(NC(=O)C(=O)NC2CCC(O)CC2)cc1. The Morgan fingerprint density at radius 1 is 1.09 bits per heavy atom. The summed E-state index contributed by atoms with van der Waals surface area (Å²) >= 11 is 0. The first-order chi connectivity index (χ1) is 11.1. The molecule has 1 fully saturated rings. The van der Waals surface area contributed by atoms with Gasteiger partial charge in [-0.15, -0.1) is 0 Å². The van der Waals surface area contributed by atoms with Crippen LogP contribution in [0.1, 0.15) is 51.0 Å². The minimum atomic E-state index is -0.641. The van der Waals surface area contributed by atoms with Gasteiger partial charge in [0.2, 0.25) is 0 Å². The second-order valence-corrected chi connectivity index (χ2v) is 6.23. The molecule has 0 saturated heterocycles. The number of anilines is 1. The Kier molecular flexibility index (Phi) is 6.59. The molecule has 23 heavy (non-hydrogen) atoms. The molecule has 1 aliphatic rings. The highest BCUT2D eigenvalue weighted by atomic mass is 16.3. The molecular formula is C18H26N2O3. The van der Waals surface area contributed by atoms with Crippen molar-refractivity contribution in [2.24, 2.45) is 0 Å². The number of carbonyl (C=O) groups is 2. The summed E-state index contributed by atoms with van der Waals surface area (Å²) in [5.41, 5.74) is 1.86. The molecule has 0 aliphatic heterocycles. The summed E-state index contributed by atoms with van der Waals surface area (Å²) in [6.45, 7) is 2.15. The third-order valence-corrected chi connectivity index (χ3v) is 4.27. The number of amides is 2. The number of aryl methyl sites for hydroxylation is 1. The van der Waals surface area contributed by atoms with E-state index in [0.29, 0.717) is 31.4 Å². The zero-order valence-electron chi connectivity index (χ0n) is 13.7. The van der Waals surface area contributed by atoms with Gasteiger partial charge in [0.1, 0.15) is 0 Å². The Balaban J connectivity index is 1.80. The van der Waals surface area contributed by atoms with Gasteiger partial charge < -0.3 is 15.7 Å². The third kappa shape index (κ3) is 5.67. The van der Waals surface area contributed by atoms with Crippen molar-refractivity contribution in [2.45, 2.75) is 64.0 Å². The molecular weight excluding hydrogens is 292 g/mol. The number of rotatable bonds is 5. The van der Waals surface area contributed by atoms with E-state index in [1.165, 1.54) is 5.56 Å². The molecule has 5 heteroatoms. The Labute approximate surface area is 137 Å². The van der Waals surface area contributed by atoms with Crippen molar-refractivity contribution in [1.29, 1.82) is 0 Å².